The van der Waals surface area contributed by atoms with E-state index in [9.17, 15) is 10.1 Å². The minimum atomic E-state index is -0.192. The number of rotatable bonds is 8. The number of ether oxygens (including phenoxy) is 1. The monoisotopic (exact) mass is 524 g/mol. The molecule has 9 heteroatoms. The molecule has 2 aromatic heterocycles. The number of benzene rings is 2. The Morgan fingerprint density at radius 3 is 2.63 bits per heavy atom. The van der Waals surface area contributed by atoms with Gasteiger partial charge in [0.15, 0.2) is 5.16 Å². The van der Waals surface area contributed by atoms with Gasteiger partial charge in [-0.1, -0.05) is 23.9 Å². The van der Waals surface area contributed by atoms with Crippen molar-refractivity contribution in [3.8, 4) is 29.0 Å². The van der Waals surface area contributed by atoms with Crippen molar-refractivity contribution in [3.63, 3.8) is 0 Å². The van der Waals surface area contributed by atoms with Gasteiger partial charge in [0.25, 0.3) is 0 Å². The molecule has 2 amide bonds. The maximum absolute atomic E-state index is 12.4. The Balaban J connectivity index is 1.31. The van der Waals surface area contributed by atoms with Crippen LogP contribution in [-0.4, -0.2) is 32.9 Å². The van der Waals surface area contributed by atoms with Gasteiger partial charge in [0.1, 0.15) is 11.8 Å². The molecule has 0 aliphatic heterocycles. The largest absolute Gasteiger partial charge is 0.439 e. The standard InChI is InChI=1S/C29H28N6O2S/c1-17(18-3-4-18)32-28(36)33-20-7-5-19(6-8-20)27-24(16-30)23-12-11-22(15-25(23)35(27)21-9-10-21)37-26-13-14-31-29(34-26)38-2/h5-8,11-15,17-18,21H,3-4,9-10H2,1-2H3,(H2,32,33,36)/t17-/m1/s1. The van der Waals surface area contributed by atoms with E-state index in [4.69, 9.17) is 4.74 Å². The number of urea groups is 1. The van der Waals surface area contributed by atoms with Gasteiger partial charge in [0.2, 0.25) is 5.88 Å². The van der Waals surface area contributed by atoms with E-state index in [0.29, 0.717) is 40.0 Å². The van der Waals surface area contributed by atoms with Crippen LogP contribution in [0.4, 0.5) is 10.5 Å². The van der Waals surface area contributed by atoms with E-state index >= 15 is 0 Å². The molecule has 0 spiro atoms. The van der Waals surface area contributed by atoms with Crippen LogP contribution >= 0.6 is 11.8 Å². The molecule has 0 bridgehead atoms. The lowest BCUT2D eigenvalue weighted by Crippen LogP contribution is -2.37. The van der Waals surface area contributed by atoms with Crippen LogP contribution in [-0.2, 0) is 0 Å². The minimum absolute atomic E-state index is 0.178. The van der Waals surface area contributed by atoms with Crippen molar-refractivity contribution in [1.82, 2.24) is 19.9 Å². The van der Waals surface area contributed by atoms with Gasteiger partial charge in [-0.15, -0.1) is 0 Å². The summed E-state index contributed by atoms with van der Waals surface area (Å²) in [6.07, 6.45) is 8.09. The van der Waals surface area contributed by atoms with Crippen molar-refractivity contribution in [1.29, 1.82) is 5.26 Å². The number of fused-ring (bicyclic) bond motifs is 1. The lowest BCUT2D eigenvalue weighted by Gasteiger charge is -2.14. The Kier molecular flexibility index (Phi) is 6.42. The molecule has 0 radical (unpaired) electrons. The number of hydrogen-bond donors (Lipinski definition) is 2. The van der Waals surface area contributed by atoms with Crippen LogP contribution in [0.3, 0.4) is 0 Å². The van der Waals surface area contributed by atoms with Gasteiger partial charge in [-0.3, -0.25) is 0 Å². The summed E-state index contributed by atoms with van der Waals surface area (Å²) in [6, 6.07) is 18.0. The molecular formula is C29H28N6O2S. The molecule has 6 rings (SSSR count). The van der Waals surface area contributed by atoms with E-state index in [1.165, 1.54) is 24.6 Å². The van der Waals surface area contributed by atoms with Gasteiger partial charge in [0, 0.05) is 41.5 Å². The molecule has 192 valence electrons. The van der Waals surface area contributed by atoms with Crippen LogP contribution in [0, 0.1) is 17.2 Å². The minimum Gasteiger partial charge on any atom is -0.439 e. The molecular weight excluding hydrogens is 496 g/mol. The molecule has 2 heterocycles. The lowest BCUT2D eigenvalue weighted by atomic mass is 10.1. The summed E-state index contributed by atoms with van der Waals surface area (Å²) in [6.45, 7) is 2.05. The summed E-state index contributed by atoms with van der Waals surface area (Å²) in [5.41, 5.74) is 4.15. The van der Waals surface area contributed by atoms with Crippen molar-refractivity contribution in [2.45, 2.75) is 49.8 Å². The molecule has 2 aliphatic carbocycles. The van der Waals surface area contributed by atoms with Crippen molar-refractivity contribution in [3.05, 3.63) is 60.3 Å². The van der Waals surface area contributed by atoms with E-state index in [-0.39, 0.29) is 12.1 Å². The van der Waals surface area contributed by atoms with Crippen LogP contribution in [0.15, 0.2) is 59.9 Å². The van der Waals surface area contributed by atoms with Crippen molar-refractivity contribution in [2.24, 2.45) is 5.92 Å². The summed E-state index contributed by atoms with van der Waals surface area (Å²) in [4.78, 5) is 21.0. The fraction of sp³-hybridized carbons (Fsp3) is 0.310. The van der Waals surface area contributed by atoms with Gasteiger partial charge in [-0.25, -0.2) is 9.78 Å². The first-order valence-corrected chi connectivity index (χ1v) is 14.1. The fourth-order valence-electron chi connectivity index (χ4n) is 4.86. The second-order valence-electron chi connectivity index (χ2n) is 9.90. The number of carbonyl (C=O) groups is 1. The third-order valence-electron chi connectivity index (χ3n) is 7.12. The van der Waals surface area contributed by atoms with Crippen LogP contribution in [0.2, 0.25) is 0 Å². The number of anilines is 1. The molecule has 8 nitrogen and oxygen atoms in total. The van der Waals surface area contributed by atoms with E-state index in [2.05, 4.69) is 31.2 Å². The molecule has 2 fully saturated rings. The Bertz CT molecular complexity index is 1550. The maximum atomic E-state index is 12.4. The molecule has 0 unspecified atom stereocenters. The Morgan fingerprint density at radius 1 is 1.16 bits per heavy atom. The Labute approximate surface area is 225 Å². The first kappa shape index (κ1) is 24.3. The van der Waals surface area contributed by atoms with Gasteiger partial charge in [-0.2, -0.15) is 10.2 Å². The average Bonchev–Trinajstić information content (AvgIpc) is 3.85. The molecule has 0 saturated heterocycles. The second kappa shape index (κ2) is 10.0. The number of thioether (sulfide) groups is 1. The predicted octanol–water partition coefficient (Wildman–Crippen LogP) is 6.74. The van der Waals surface area contributed by atoms with Gasteiger partial charge in [0.05, 0.1) is 16.8 Å². The zero-order valence-corrected chi connectivity index (χ0v) is 22.1. The topological polar surface area (TPSA) is 105 Å². The molecule has 2 saturated carbocycles. The van der Waals surface area contributed by atoms with Crippen molar-refractivity contribution in [2.75, 3.05) is 11.6 Å². The molecule has 2 aliphatic rings. The van der Waals surface area contributed by atoms with E-state index in [1.54, 1.807) is 12.3 Å². The van der Waals surface area contributed by atoms with Gasteiger partial charge in [-0.05, 0) is 74.6 Å². The quantitative estimate of drug-likeness (QED) is 0.195. The predicted molar refractivity (Wildman–Crippen MR) is 149 cm³/mol. The molecule has 1 atom stereocenters. The highest BCUT2D eigenvalue weighted by Gasteiger charge is 2.31. The highest BCUT2D eigenvalue weighted by atomic mass is 32.2. The van der Waals surface area contributed by atoms with E-state index in [0.717, 1.165) is 35.0 Å². The summed E-state index contributed by atoms with van der Waals surface area (Å²) < 4.78 is 8.33. The normalized spacial score (nSPS) is 15.6. The number of nitriles is 1. The van der Waals surface area contributed by atoms with Crippen LogP contribution in [0.5, 0.6) is 11.6 Å². The van der Waals surface area contributed by atoms with E-state index in [1.807, 2.05) is 55.6 Å². The molecule has 2 N–H and O–H groups in total. The summed E-state index contributed by atoms with van der Waals surface area (Å²) >= 11 is 1.46. The lowest BCUT2D eigenvalue weighted by molar-refractivity contribution is 0.248. The number of amides is 2. The Hall–Kier alpha value is -4.03. The third-order valence-corrected chi connectivity index (χ3v) is 7.68. The van der Waals surface area contributed by atoms with Crippen molar-refractivity contribution < 1.29 is 9.53 Å². The van der Waals surface area contributed by atoms with E-state index < -0.39 is 0 Å². The average molecular weight is 525 g/mol. The van der Waals surface area contributed by atoms with Crippen LogP contribution < -0.4 is 15.4 Å². The first-order chi connectivity index (χ1) is 18.5. The first-order valence-electron chi connectivity index (χ1n) is 12.8. The van der Waals surface area contributed by atoms with Crippen molar-refractivity contribution >= 4 is 34.4 Å². The highest BCUT2D eigenvalue weighted by Crippen LogP contribution is 2.45. The molecule has 2 aromatic carbocycles. The SMILES string of the molecule is CSc1nccc(Oc2ccc3c(C#N)c(-c4ccc(NC(=O)N[C@H](C)C5CC5)cc4)n(C4CC4)c3c2)n1. The number of nitrogens with zero attached hydrogens (tertiary/aromatic N) is 4. The van der Waals surface area contributed by atoms with Gasteiger partial charge < -0.3 is 19.9 Å². The fourth-order valence-corrected chi connectivity index (χ4v) is 5.21. The smallest absolute Gasteiger partial charge is 0.319 e. The maximum Gasteiger partial charge on any atom is 0.319 e. The number of hydrogen-bond acceptors (Lipinski definition) is 6. The summed E-state index contributed by atoms with van der Waals surface area (Å²) in [5, 5.41) is 17.7. The zero-order chi connectivity index (χ0) is 26.2. The zero-order valence-electron chi connectivity index (χ0n) is 21.3. The Morgan fingerprint density at radius 2 is 1.95 bits per heavy atom. The molecule has 38 heavy (non-hydrogen) atoms. The second-order valence-corrected chi connectivity index (χ2v) is 10.7. The highest BCUT2D eigenvalue weighted by molar-refractivity contribution is 7.98. The number of carbonyl (C=O) groups excluding carboxylic acids is 1. The molecule has 4 aromatic rings. The summed E-state index contributed by atoms with van der Waals surface area (Å²) in [7, 11) is 0. The number of nitrogens with one attached hydrogen (secondary N) is 2. The van der Waals surface area contributed by atoms with Crippen LogP contribution in [0.25, 0.3) is 22.2 Å². The summed E-state index contributed by atoms with van der Waals surface area (Å²) in [5.74, 6) is 1.73. The van der Waals surface area contributed by atoms with Gasteiger partial charge >= 0.3 is 6.03 Å². The van der Waals surface area contributed by atoms with Crippen LogP contribution in [0.1, 0.15) is 44.2 Å². The number of aromatic nitrogens is 3. The third kappa shape index (κ3) is 4.92.